The molecular weight excluding hydrogens is 275 g/mol. The number of nitrogens with zero attached hydrogens (tertiary/aromatic N) is 3. The fourth-order valence-corrected chi connectivity index (χ4v) is 2.25. The number of aromatic nitrogens is 3. The molecule has 0 radical (unpaired) electrons. The maximum Gasteiger partial charge on any atom is 0.408 e. The molecule has 0 aromatic carbocycles. The predicted octanol–water partition coefficient (Wildman–Crippen LogP) is 2.18. The zero-order chi connectivity index (χ0) is 14.5. The third kappa shape index (κ3) is 2.33. The van der Waals surface area contributed by atoms with Crippen molar-refractivity contribution in [1.29, 1.82) is 0 Å². The first-order valence-electron chi connectivity index (χ1n) is 5.97. The first kappa shape index (κ1) is 12.9. The number of carboxylic acid groups (broad SMARTS) is 1. The Morgan fingerprint density at radius 2 is 2.20 bits per heavy atom. The number of carboxylic acids is 1. The molecule has 0 saturated heterocycles. The third-order valence-electron chi connectivity index (χ3n) is 3.32. The molecule has 1 saturated carbocycles. The summed E-state index contributed by atoms with van der Waals surface area (Å²) in [4.78, 5) is 15.0. The summed E-state index contributed by atoms with van der Waals surface area (Å²) < 4.78 is 38.0. The minimum absolute atomic E-state index is 0.135. The molecule has 106 valence electrons. The lowest BCUT2D eigenvalue weighted by Gasteiger charge is -2.07. The van der Waals surface area contributed by atoms with E-state index >= 15 is 0 Å². The number of hydrogen-bond donors (Lipinski definition) is 1. The van der Waals surface area contributed by atoms with E-state index in [2.05, 4.69) is 10.1 Å². The van der Waals surface area contributed by atoms with E-state index < -0.39 is 24.6 Å². The minimum atomic E-state index is -4.38. The standard InChI is InChI=1S/C12H10F3N3O2/c13-12(14,15)5-18-10-6(4-16-18)1-2-9(17-10)7-3-8(7)11(19)20/h1-2,4,7-8H,3,5H2,(H,19,20)/t7-,8-/m0/s1. The Hall–Kier alpha value is -2.12. The Labute approximate surface area is 111 Å². The van der Waals surface area contributed by atoms with E-state index in [1.807, 2.05) is 0 Å². The van der Waals surface area contributed by atoms with Gasteiger partial charge in [-0.25, -0.2) is 9.67 Å². The van der Waals surface area contributed by atoms with E-state index in [0.29, 0.717) is 17.5 Å². The third-order valence-corrected chi connectivity index (χ3v) is 3.32. The molecule has 0 aliphatic heterocycles. The molecule has 2 atom stereocenters. The molecule has 2 heterocycles. The van der Waals surface area contributed by atoms with Crippen molar-refractivity contribution in [1.82, 2.24) is 14.8 Å². The molecule has 2 aromatic rings. The van der Waals surface area contributed by atoms with Crippen molar-refractivity contribution >= 4 is 17.0 Å². The molecule has 3 rings (SSSR count). The van der Waals surface area contributed by atoms with E-state index in [0.717, 1.165) is 4.68 Å². The van der Waals surface area contributed by atoms with Crippen LogP contribution in [0.4, 0.5) is 13.2 Å². The highest BCUT2D eigenvalue weighted by Crippen LogP contribution is 2.47. The van der Waals surface area contributed by atoms with Crippen LogP contribution in [-0.4, -0.2) is 32.0 Å². The van der Waals surface area contributed by atoms with Crippen molar-refractivity contribution in [2.75, 3.05) is 0 Å². The average Bonchev–Trinajstić information content (AvgIpc) is 3.06. The van der Waals surface area contributed by atoms with Crippen molar-refractivity contribution in [3.8, 4) is 0 Å². The Balaban J connectivity index is 1.94. The summed E-state index contributed by atoms with van der Waals surface area (Å²) in [6.07, 6.45) is -2.58. The smallest absolute Gasteiger partial charge is 0.408 e. The van der Waals surface area contributed by atoms with E-state index in [-0.39, 0.29) is 11.6 Å². The minimum Gasteiger partial charge on any atom is -0.481 e. The molecule has 1 aliphatic rings. The lowest BCUT2D eigenvalue weighted by atomic mass is 10.2. The average molecular weight is 285 g/mol. The molecule has 0 spiro atoms. The van der Waals surface area contributed by atoms with E-state index in [9.17, 15) is 18.0 Å². The second-order valence-corrected chi connectivity index (χ2v) is 4.85. The van der Waals surface area contributed by atoms with Gasteiger partial charge in [0.2, 0.25) is 0 Å². The molecule has 0 bridgehead atoms. The van der Waals surface area contributed by atoms with Crippen molar-refractivity contribution in [3.05, 3.63) is 24.0 Å². The first-order valence-corrected chi connectivity index (χ1v) is 5.97. The number of pyridine rings is 1. The molecule has 0 amide bonds. The quantitative estimate of drug-likeness (QED) is 0.938. The number of carbonyl (C=O) groups is 1. The van der Waals surface area contributed by atoms with Crippen LogP contribution in [0.2, 0.25) is 0 Å². The highest BCUT2D eigenvalue weighted by molar-refractivity contribution is 5.77. The summed E-state index contributed by atoms with van der Waals surface area (Å²) in [7, 11) is 0. The first-order chi connectivity index (χ1) is 9.35. The van der Waals surface area contributed by atoms with Gasteiger partial charge in [0.25, 0.3) is 0 Å². The van der Waals surface area contributed by atoms with E-state index in [1.54, 1.807) is 12.1 Å². The molecule has 0 unspecified atom stereocenters. The SMILES string of the molecule is O=C(O)[C@H]1C[C@@H]1c1ccc2cnn(CC(F)(F)F)c2n1. The molecule has 1 N–H and O–H groups in total. The lowest BCUT2D eigenvalue weighted by Crippen LogP contribution is -2.18. The molecule has 1 fully saturated rings. The second kappa shape index (κ2) is 4.19. The van der Waals surface area contributed by atoms with Crippen LogP contribution in [0.15, 0.2) is 18.3 Å². The van der Waals surface area contributed by atoms with Gasteiger partial charge >= 0.3 is 12.1 Å². The summed E-state index contributed by atoms with van der Waals surface area (Å²) in [5.74, 6) is -1.61. The van der Waals surface area contributed by atoms with Gasteiger partial charge in [0.1, 0.15) is 6.54 Å². The van der Waals surface area contributed by atoms with Gasteiger partial charge in [-0.05, 0) is 18.6 Å². The van der Waals surface area contributed by atoms with Crippen LogP contribution in [-0.2, 0) is 11.3 Å². The van der Waals surface area contributed by atoms with Gasteiger partial charge < -0.3 is 5.11 Å². The van der Waals surface area contributed by atoms with Gasteiger partial charge in [-0.2, -0.15) is 18.3 Å². The summed E-state index contributed by atoms with van der Waals surface area (Å²) in [5, 5.41) is 13.1. The fraction of sp³-hybridized carbons (Fsp3) is 0.417. The number of fused-ring (bicyclic) bond motifs is 1. The normalized spacial score (nSPS) is 22.1. The van der Waals surface area contributed by atoms with Gasteiger partial charge in [0, 0.05) is 17.0 Å². The van der Waals surface area contributed by atoms with Gasteiger partial charge in [0.15, 0.2) is 5.65 Å². The van der Waals surface area contributed by atoms with Crippen LogP contribution >= 0.6 is 0 Å². The van der Waals surface area contributed by atoms with Crippen molar-refractivity contribution in [2.24, 2.45) is 5.92 Å². The fourth-order valence-electron chi connectivity index (χ4n) is 2.25. The number of halogens is 3. The number of alkyl halides is 3. The molecule has 2 aromatic heterocycles. The number of rotatable bonds is 3. The summed E-state index contributed by atoms with van der Waals surface area (Å²) in [5.41, 5.74) is 0.643. The lowest BCUT2D eigenvalue weighted by molar-refractivity contribution is -0.142. The Kier molecular flexibility index (Phi) is 2.70. The van der Waals surface area contributed by atoms with Crippen LogP contribution < -0.4 is 0 Å². The molecule has 5 nitrogen and oxygen atoms in total. The zero-order valence-corrected chi connectivity index (χ0v) is 10.1. The van der Waals surface area contributed by atoms with Crippen LogP contribution in [0.1, 0.15) is 18.0 Å². The zero-order valence-electron chi connectivity index (χ0n) is 10.1. The van der Waals surface area contributed by atoms with Gasteiger partial charge in [0.05, 0.1) is 12.1 Å². The van der Waals surface area contributed by atoms with Crippen molar-refractivity contribution in [2.45, 2.75) is 25.1 Å². The van der Waals surface area contributed by atoms with Gasteiger partial charge in [-0.3, -0.25) is 4.79 Å². The number of hydrogen-bond acceptors (Lipinski definition) is 3. The largest absolute Gasteiger partial charge is 0.481 e. The van der Waals surface area contributed by atoms with E-state index in [1.165, 1.54) is 6.20 Å². The van der Waals surface area contributed by atoms with Crippen LogP contribution in [0.3, 0.4) is 0 Å². The highest BCUT2D eigenvalue weighted by Gasteiger charge is 2.45. The molecule has 20 heavy (non-hydrogen) atoms. The maximum absolute atomic E-state index is 12.4. The summed E-state index contributed by atoms with van der Waals surface area (Å²) >= 11 is 0. The number of aliphatic carboxylic acids is 1. The van der Waals surface area contributed by atoms with E-state index in [4.69, 9.17) is 5.11 Å². The summed E-state index contributed by atoms with van der Waals surface area (Å²) in [6, 6.07) is 3.27. The second-order valence-electron chi connectivity index (χ2n) is 4.85. The van der Waals surface area contributed by atoms with Crippen molar-refractivity contribution < 1.29 is 23.1 Å². The molecular formula is C12H10F3N3O2. The highest BCUT2D eigenvalue weighted by atomic mass is 19.4. The van der Waals surface area contributed by atoms with Gasteiger partial charge in [-0.15, -0.1) is 0 Å². The van der Waals surface area contributed by atoms with Crippen LogP contribution in [0.5, 0.6) is 0 Å². The maximum atomic E-state index is 12.4. The monoisotopic (exact) mass is 285 g/mol. The topological polar surface area (TPSA) is 68.0 Å². The predicted molar refractivity (Wildman–Crippen MR) is 62.1 cm³/mol. The molecule has 8 heteroatoms. The van der Waals surface area contributed by atoms with Crippen LogP contribution in [0, 0.1) is 5.92 Å². The summed E-state index contributed by atoms with van der Waals surface area (Å²) in [6.45, 7) is -1.21. The van der Waals surface area contributed by atoms with Crippen molar-refractivity contribution in [3.63, 3.8) is 0 Å². The Morgan fingerprint density at radius 1 is 1.45 bits per heavy atom. The van der Waals surface area contributed by atoms with Gasteiger partial charge in [-0.1, -0.05) is 0 Å². The van der Waals surface area contributed by atoms with Crippen LogP contribution in [0.25, 0.3) is 11.0 Å². The Bertz CT molecular complexity index is 680. The molecule has 1 aliphatic carbocycles. The Morgan fingerprint density at radius 3 is 2.80 bits per heavy atom.